The number of amides is 1. The molecule has 160 valence electrons. The van der Waals surface area contributed by atoms with Gasteiger partial charge in [-0.2, -0.15) is 13.2 Å². The van der Waals surface area contributed by atoms with E-state index in [1.165, 1.54) is 6.07 Å². The van der Waals surface area contributed by atoms with Gasteiger partial charge in [-0.1, -0.05) is 18.2 Å². The minimum absolute atomic E-state index is 0.0253. The predicted octanol–water partition coefficient (Wildman–Crippen LogP) is 4.10. The number of halogens is 3. The van der Waals surface area contributed by atoms with Gasteiger partial charge in [-0.15, -0.1) is 0 Å². The number of fused-ring (bicyclic) bond motifs is 3. The maximum atomic E-state index is 13.3. The van der Waals surface area contributed by atoms with Gasteiger partial charge in [0.25, 0.3) is 0 Å². The Balaban J connectivity index is 1.69. The Hall–Kier alpha value is -2.70. The average molecular weight is 417 g/mol. The van der Waals surface area contributed by atoms with Crippen LogP contribution in [0.5, 0.6) is 0 Å². The van der Waals surface area contributed by atoms with E-state index in [-0.39, 0.29) is 18.0 Å². The van der Waals surface area contributed by atoms with Gasteiger partial charge in [0, 0.05) is 37.1 Å². The molecule has 2 atom stereocenters. The van der Waals surface area contributed by atoms with E-state index >= 15 is 0 Å². The maximum Gasteiger partial charge on any atom is 0.416 e. The molecule has 0 bridgehead atoms. The normalized spacial score (nSPS) is 21.3. The first-order valence-electron chi connectivity index (χ1n) is 10.3. The number of hydrogen-bond donors (Lipinski definition) is 1. The lowest BCUT2D eigenvalue weighted by atomic mass is 9.82. The van der Waals surface area contributed by atoms with E-state index in [1.54, 1.807) is 6.07 Å². The second kappa shape index (κ2) is 7.85. The van der Waals surface area contributed by atoms with Crippen LogP contribution in [0.2, 0.25) is 0 Å². The van der Waals surface area contributed by atoms with Crippen LogP contribution in [0.1, 0.15) is 25.0 Å². The third-order valence-corrected chi connectivity index (χ3v) is 5.93. The Kier molecular flexibility index (Phi) is 5.38. The number of para-hydroxylation sites is 1. The molecule has 1 N–H and O–H groups in total. The van der Waals surface area contributed by atoms with Crippen LogP contribution < -0.4 is 15.1 Å². The van der Waals surface area contributed by atoms with Crippen molar-refractivity contribution in [1.29, 1.82) is 0 Å². The molecule has 2 aromatic carbocycles. The highest BCUT2D eigenvalue weighted by Gasteiger charge is 2.42. The van der Waals surface area contributed by atoms with E-state index in [4.69, 9.17) is 0 Å². The monoisotopic (exact) mass is 417 g/mol. The summed E-state index contributed by atoms with van der Waals surface area (Å²) in [4.78, 5) is 17.4. The van der Waals surface area contributed by atoms with E-state index in [9.17, 15) is 18.0 Å². The van der Waals surface area contributed by atoms with Crippen LogP contribution in [0.15, 0.2) is 48.5 Å². The number of nitrogens with zero attached hydrogens (tertiary/aromatic N) is 2. The summed E-state index contributed by atoms with van der Waals surface area (Å²) in [5.74, 6) is -0.507. The molecule has 0 aromatic heterocycles. The first-order chi connectivity index (χ1) is 14.2. The van der Waals surface area contributed by atoms with Crippen molar-refractivity contribution in [3.63, 3.8) is 0 Å². The van der Waals surface area contributed by atoms with Crippen LogP contribution in [0.25, 0.3) is 0 Å². The molecule has 1 amide bonds. The molecule has 1 fully saturated rings. The largest absolute Gasteiger partial charge is 0.416 e. The molecule has 0 radical (unpaired) electrons. The van der Waals surface area contributed by atoms with Crippen molar-refractivity contribution in [2.24, 2.45) is 5.92 Å². The van der Waals surface area contributed by atoms with Gasteiger partial charge in [0.15, 0.2) is 0 Å². The summed E-state index contributed by atoms with van der Waals surface area (Å²) in [5.41, 5.74) is 1.84. The lowest BCUT2D eigenvalue weighted by Gasteiger charge is -2.49. The quantitative estimate of drug-likeness (QED) is 0.817. The zero-order valence-corrected chi connectivity index (χ0v) is 17.1. The van der Waals surface area contributed by atoms with Crippen molar-refractivity contribution in [2.75, 3.05) is 29.4 Å². The van der Waals surface area contributed by atoms with Crippen molar-refractivity contribution in [2.45, 2.75) is 38.5 Å². The summed E-state index contributed by atoms with van der Waals surface area (Å²) in [6.45, 7) is 5.85. The fourth-order valence-corrected chi connectivity index (χ4v) is 4.56. The smallest absolute Gasteiger partial charge is 0.368 e. The highest BCUT2D eigenvalue weighted by atomic mass is 19.4. The molecule has 0 aliphatic carbocycles. The Morgan fingerprint density at radius 3 is 2.50 bits per heavy atom. The minimum atomic E-state index is -4.40. The molecule has 0 unspecified atom stereocenters. The van der Waals surface area contributed by atoms with Crippen LogP contribution in [0.3, 0.4) is 0 Å². The molecule has 0 spiro atoms. The molecule has 2 aliphatic rings. The number of carbonyl (C=O) groups is 1. The molecular formula is C23H26F3N3O. The highest BCUT2D eigenvalue weighted by molar-refractivity contribution is 5.82. The molecule has 30 heavy (non-hydrogen) atoms. The minimum Gasteiger partial charge on any atom is -0.368 e. The zero-order valence-electron chi connectivity index (χ0n) is 17.1. The third kappa shape index (κ3) is 3.98. The topological polar surface area (TPSA) is 35.6 Å². The van der Waals surface area contributed by atoms with E-state index in [2.05, 4.69) is 15.1 Å². The predicted molar refractivity (Wildman–Crippen MR) is 112 cm³/mol. The second-order valence-electron chi connectivity index (χ2n) is 8.36. The molecule has 2 aliphatic heterocycles. The molecule has 4 rings (SSSR count). The summed E-state index contributed by atoms with van der Waals surface area (Å²) >= 11 is 0. The number of alkyl halides is 3. The molecule has 0 saturated carbocycles. The van der Waals surface area contributed by atoms with E-state index in [0.29, 0.717) is 25.1 Å². The van der Waals surface area contributed by atoms with Crippen LogP contribution >= 0.6 is 0 Å². The summed E-state index contributed by atoms with van der Waals surface area (Å²) in [6.07, 6.45) is -4.09. The van der Waals surface area contributed by atoms with E-state index in [0.717, 1.165) is 24.0 Å². The van der Waals surface area contributed by atoms with Crippen LogP contribution in [0.4, 0.5) is 24.5 Å². The SMILES string of the molecule is CC(C)NC(=O)[C@H]1Cc2cc(C(F)(F)F)ccc2N2CCN(c3ccccc3)C[C@@H]12. The molecule has 2 heterocycles. The molecule has 1 saturated heterocycles. The molecule has 2 aromatic rings. The van der Waals surface area contributed by atoms with Gasteiger partial charge in [0.2, 0.25) is 5.91 Å². The number of benzene rings is 2. The number of nitrogens with one attached hydrogen (secondary N) is 1. The zero-order chi connectivity index (χ0) is 21.5. The van der Waals surface area contributed by atoms with Gasteiger partial charge in [-0.3, -0.25) is 4.79 Å². The Bertz CT molecular complexity index is 914. The Morgan fingerprint density at radius 2 is 1.83 bits per heavy atom. The van der Waals surface area contributed by atoms with Gasteiger partial charge in [-0.25, -0.2) is 0 Å². The lowest BCUT2D eigenvalue weighted by Crippen LogP contribution is -2.61. The summed E-state index contributed by atoms with van der Waals surface area (Å²) < 4.78 is 39.8. The van der Waals surface area contributed by atoms with Crippen molar-refractivity contribution in [3.8, 4) is 0 Å². The Morgan fingerprint density at radius 1 is 1.10 bits per heavy atom. The summed E-state index contributed by atoms with van der Waals surface area (Å²) in [5, 5.41) is 2.97. The van der Waals surface area contributed by atoms with Crippen LogP contribution in [-0.4, -0.2) is 37.6 Å². The molecule has 4 nitrogen and oxygen atoms in total. The average Bonchev–Trinajstić information content (AvgIpc) is 2.71. The van der Waals surface area contributed by atoms with E-state index < -0.39 is 17.7 Å². The van der Waals surface area contributed by atoms with Gasteiger partial charge in [0.1, 0.15) is 0 Å². The second-order valence-corrected chi connectivity index (χ2v) is 8.36. The van der Waals surface area contributed by atoms with Crippen molar-refractivity contribution >= 4 is 17.3 Å². The number of carbonyl (C=O) groups excluding carboxylic acids is 1. The van der Waals surface area contributed by atoms with Crippen molar-refractivity contribution < 1.29 is 18.0 Å². The molecular weight excluding hydrogens is 391 g/mol. The third-order valence-electron chi connectivity index (χ3n) is 5.93. The number of anilines is 2. The van der Waals surface area contributed by atoms with Crippen molar-refractivity contribution in [3.05, 3.63) is 59.7 Å². The van der Waals surface area contributed by atoms with Gasteiger partial charge >= 0.3 is 6.18 Å². The number of hydrogen-bond acceptors (Lipinski definition) is 3. The standard InChI is InChI=1S/C23H26F3N3O/c1-15(2)27-22(30)19-13-16-12-17(23(24,25)26)8-9-20(16)29-11-10-28(14-21(19)29)18-6-4-3-5-7-18/h3-9,12,15,19,21H,10-11,13-14H2,1-2H3,(H,27,30)/t19-,21-/m0/s1. The fraction of sp³-hybridized carbons (Fsp3) is 0.435. The maximum absolute atomic E-state index is 13.3. The molecule has 7 heteroatoms. The van der Waals surface area contributed by atoms with Crippen molar-refractivity contribution in [1.82, 2.24) is 5.32 Å². The highest BCUT2D eigenvalue weighted by Crippen LogP contribution is 2.40. The summed E-state index contributed by atoms with van der Waals surface area (Å²) in [7, 11) is 0. The first kappa shape index (κ1) is 20.6. The van der Waals surface area contributed by atoms with E-state index in [1.807, 2.05) is 44.2 Å². The Labute approximate surface area is 174 Å². The first-order valence-corrected chi connectivity index (χ1v) is 10.3. The van der Waals surface area contributed by atoms with Gasteiger partial charge in [-0.05, 0) is 56.2 Å². The van der Waals surface area contributed by atoms with Crippen LogP contribution in [0, 0.1) is 5.92 Å². The summed E-state index contributed by atoms with van der Waals surface area (Å²) in [6, 6.07) is 13.8. The fourth-order valence-electron chi connectivity index (χ4n) is 4.56. The van der Waals surface area contributed by atoms with Gasteiger partial charge < -0.3 is 15.1 Å². The lowest BCUT2D eigenvalue weighted by molar-refractivity contribution is -0.137. The number of piperazine rings is 1. The number of rotatable bonds is 3. The van der Waals surface area contributed by atoms with Gasteiger partial charge in [0.05, 0.1) is 17.5 Å². The van der Waals surface area contributed by atoms with Crippen LogP contribution in [-0.2, 0) is 17.4 Å².